The number of halogens is 1. The number of carbonyl (C=O) groups is 2. The predicted octanol–water partition coefficient (Wildman–Crippen LogP) is 6.75. The number of aryl methyl sites for hydroxylation is 2. The molecule has 3 unspecified atom stereocenters. The topological polar surface area (TPSA) is 89.2 Å². The highest BCUT2D eigenvalue weighted by atomic mass is 35.5. The Kier molecular flexibility index (Phi) is 7.14. The summed E-state index contributed by atoms with van der Waals surface area (Å²) in [4.78, 5) is 37.4. The Morgan fingerprint density at radius 1 is 0.951 bits per heavy atom. The lowest BCUT2D eigenvalue weighted by Crippen LogP contribution is -2.40. The van der Waals surface area contributed by atoms with Gasteiger partial charge >= 0.3 is 0 Å². The Hall–Kier alpha value is -4.36. The number of benzene rings is 2. The van der Waals surface area contributed by atoms with Crippen molar-refractivity contribution >= 4 is 34.8 Å². The van der Waals surface area contributed by atoms with Crippen LogP contribution in [0.3, 0.4) is 0 Å². The first kappa shape index (κ1) is 26.8. The summed E-state index contributed by atoms with van der Waals surface area (Å²) in [5.41, 5.74) is 5.98. The zero-order valence-electron chi connectivity index (χ0n) is 23.1. The molecule has 6 rings (SSSR count). The number of aliphatic imine (C=N–C) groups is 1. The largest absolute Gasteiger partial charge is 0.310 e. The zero-order chi connectivity index (χ0) is 28.7. The van der Waals surface area contributed by atoms with Crippen molar-refractivity contribution in [3.63, 3.8) is 0 Å². The Balaban J connectivity index is 1.49. The van der Waals surface area contributed by atoms with E-state index in [-0.39, 0.29) is 17.6 Å². The van der Waals surface area contributed by atoms with Gasteiger partial charge < -0.3 is 5.32 Å². The van der Waals surface area contributed by atoms with Crippen molar-refractivity contribution in [3.8, 4) is 5.69 Å². The number of anilines is 1. The minimum Gasteiger partial charge on any atom is -0.310 e. The quantitative estimate of drug-likeness (QED) is 0.291. The minimum atomic E-state index is -0.767. The summed E-state index contributed by atoms with van der Waals surface area (Å²) in [6.07, 6.45) is 2.59. The van der Waals surface area contributed by atoms with E-state index in [0.29, 0.717) is 46.4 Å². The number of nitrogens with one attached hydrogen (secondary N) is 1. The molecule has 0 fully saturated rings. The highest BCUT2D eigenvalue weighted by Gasteiger charge is 2.46. The van der Waals surface area contributed by atoms with Crippen molar-refractivity contribution in [3.05, 3.63) is 118 Å². The highest BCUT2D eigenvalue weighted by Crippen LogP contribution is 2.49. The fraction of sp³-hybridized carbons (Fsp3) is 0.242. The second-order valence-corrected chi connectivity index (χ2v) is 11.1. The molecule has 3 heterocycles. The van der Waals surface area contributed by atoms with Gasteiger partial charge in [0.25, 0.3) is 0 Å². The van der Waals surface area contributed by atoms with Crippen LogP contribution in [0.4, 0.5) is 5.82 Å². The standard InChI is InChI=1S/C33H30ClN5O2/c1-19-11-10-16-35-32(19)37-33(41)28-20(2)36-25-17-23(22-12-6-4-7-13-22)18-26(40)29(25)30(28)27-21(3)38-39(31(27)34)24-14-8-5-9-15-24/h4-16,23,28,30H,17-18H2,1-3H3,(H,35,37,41). The van der Waals surface area contributed by atoms with Gasteiger partial charge in [0.15, 0.2) is 5.78 Å². The van der Waals surface area contributed by atoms with E-state index < -0.39 is 11.8 Å². The molecule has 3 atom stereocenters. The number of allylic oxidation sites excluding steroid dienone is 2. The van der Waals surface area contributed by atoms with Gasteiger partial charge in [0.05, 0.1) is 17.3 Å². The third-order valence-corrected chi connectivity index (χ3v) is 8.42. The summed E-state index contributed by atoms with van der Waals surface area (Å²) in [5.74, 6) is -1.21. The first-order valence-electron chi connectivity index (χ1n) is 13.7. The molecule has 8 heteroatoms. The lowest BCUT2D eigenvalue weighted by molar-refractivity contribution is -0.119. The van der Waals surface area contributed by atoms with E-state index in [4.69, 9.17) is 21.7 Å². The average molecular weight is 564 g/mol. The fourth-order valence-corrected chi connectivity index (χ4v) is 6.48. The average Bonchev–Trinajstić information content (AvgIpc) is 3.27. The molecule has 0 bridgehead atoms. The zero-order valence-corrected chi connectivity index (χ0v) is 23.9. The molecule has 0 spiro atoms. The Labute approximate surface area is 244 Å². The van der Waals surface area contributed by atoms with Crippen LogP contribution in [0.2, 0.25) is 5.15 Å². The Bertz CT molecular complexity index is 1710. The van der Waals surface area contributed by atoms with Crippen molar-refractivity contribution in [1.29, 1.82) is 0 Å². The smallest absolute Gasteiger partial charge is 0.235 e. The maximum absolute atomic E-state index is 14.0. The normalized spacial score (nSPS) is 20.4. The van der Waals surface area contributed by atoms with Crippen molar-refractivity contribution in [2.75, 3.05) is 5.32 Å². The Morgan fingerprint density at radius 2 is 1.66 bits per heavy atom. The molecule has 1 amide bonds. The summed E-state index contributed by atoms with van der Waals surface area (Å²) in [6.45, 7) is 5.62. The lowest BCUT2D eigenvalue weighted by atomic mass is 9.69. The summed E-state index contributed by atoms with van der Waals surface area (Å²) in [6, 6.07) is 23.4. The van der Waals surface area contributed by atoms with Crippen LogP contribution in [-0.4, -0.2) is 32.2 Å². The summed E-state index contributed by atoms with van der Waals surface area (Å²) in [7, 11) is 0. The van der Waals surface area contributed by atoms with Crippen LogP contribution in [0.15, 0.2) is 95.3 Å². The van der Waals surface area contributed by atoms with Crippen LogP contribution in [-0.2, 0) is 9.59 Å². The molecular weight excluding hydrogens is 534 g/mol. The number of nitrogens with zero attached hydrogens (tertiary/aromatic N) is 4. The van der Waals surface area contributed by atoms with Gasteiger partial charge in [-0.2, -0.15) is 5.10 Å². The number of Topliss-reactive ketones (excluding diaryl/α,β-unsaturated/α-hetero) is 1. The molecule has 0 saturated carbocycles. The summed E-state index contributed by atoms with van der Waals surface area (Å²) in [5, 5.41) is 8.14. The van der Waals surface area contributed by atoms with E-state index in [1.54, 1.807) is 10.9 Å². The lowest BCUT2D eigenvalue weighted by Gasteiger charge is -2.36. The van der Waals surface area contributed by atoms with Gasteiger partial charge in [-0.3, -0.25) is 14.6 Å². The molecule has 0 saturated heterocycles. The molecule has 206 valence electrons. The van der Waals surface area contributed by atoms with Gasteiger partial charge in [0.2, 0.25) is 5.91 Å². The minimum absolute atomic E-state index is 0.0175. The number of ketones is 1. The molecule has 2 aromatic heterocycles. The molecule has 2 aliphatic rings. The molecule has 4 aromatic rings. The molecule has 1 N–H and O–H groups in total. The van der Waals surface area contributed by atoms with E-state index in [2.05, 4.69) is 22.4 Å². The monoisotopic (exact) mass is 563 g/mol. The van der Waals surface area contributed by atoms with E-state index in [9.17, 15) is 9.59 Å². The summed E-state index contributed by atoms with van der Waals surface area (Å²) >= 11 is 7.09. The molecule has 0 radical (unpaired) electrons. The van der Waals surface area contributed by atoms with Gasteiger partial charge in [-0.25, -0.2) is 9.67 Å². The van der Waals surface area contributed by atoms with Gasteiger partial charge in [-0.15, -0.1) is 0 Å². The van der Waals surface area contributed by atoms with E-state index in [1.165, 1.54) is 0 Å². The van der Waals surface area contributed by atoms with Crippen molar-refractivity contribution in [2.45, 2.75) is 45.4 Å². The van der Waals surface area contributed by atoms with E-state index in [1.807, 2.05) is 81.4 Å². The molecule has 1 aliphatic carbocycles. The number of pyridine rings is 1. The van der Waals surface area contributed by atoms with Crippen LogP contribution in [0.5, 0.6) is 0 Å². The third kappa shape index (κ3) is 4.91. The van der Waals surface area contributed by atoms with Crippen molar-refractivity contribution < 1.29 is 9.59 Å². The number of aromatic nitrogens is 3. The first-order chi connectivity index (χ1) is 19.8. The second kappa shape index (κ2) is 10.9. The maximum atomic E-state index is 14.0. The summed E-state index contributed by atoms with van der Waals surface area (Å²) < 4.78 is 1.67. The van der Waals surface area contributed by atoms with Gasteiger partial charge in [0, 0.05) is 41.1 Å². The van der Waals surface area contributed by atoms with Crippen LogP contribution in [0, 0.1) is 19.8 Å². The van der Waals surface area contributed by atoms with Crippen LogP contribution >= 0.6 is 11.6 Å². The van der Waals surface area contributed by atoms with Crippen LogP contribution in [0.1, 0.15) is 54.0 Å². The van der Waals surface area contributed by atoms with Gasteiger partial charge in [0.1, 0.15) is 11.0 Å². The number of para-hydroxylation sites is 1. The van der Waals surface area contributed by atoms with Crippen LogP contribution < -0.4 is 5.32 Å². The first-order valence-corrected chi connectivity index (χ1v) is 14.1. The third-order valence-electron chi connectivity index (χ3n) is 8.05. The number of hydrogen-bond donors (Lipinski definition) is 1. The van der Waals surface area contributed by atoms with Gasteiger partial charge in [-0.1, -0.05) is 66.2 Å². The number of carbonyl (C=O) groups excluding carboxylic acids is 2. The molecule has 41 heavy (non-hydrogen) atoms. The maximum Gasteiger partial charge on any atom is 0.235 e. The molecule has 7 nitrogen and oxygen atoms in total. The SMILES string of the molecule is CC1=NC2=C(C(=O)CC(c3ccccc3)C2)C(c2c(C)nn(-c3ccccc3)c2Cl)C1C(=O)Nc1ncccc1C. The second-order valence-electron chi connectivity index (χ2n) is 10.7. The van der Waals surface area contributed by atoms with Gasteiger partial charge in [-0.05, 0) is 62.4 Å². The van der Waals surface area contributed by atoms with E-state index >= 15 is 0 Å². The fourth-order valence-electron chi connectivity index (χ4n) is 6.09. The number of hydrogen-bond acceptors (Lipinski definition) is 5. The van der Waals surface area contributed by atoms with Crippen molar-refractivity contribution in [2.24, 2.45) is 10.9 Å². The molecule has 2 aromatic carbocycles. The molecule has 1 aliphatic heterocycles. The van der Waals surface area contributed by atoms with Crippen molar-refractivity contribution in [1.82, 2.24) is 14.8 Å². The van der Waals surface area contributed by atoms with Crippen LogP contribution in [0.25, 0.3) is 5.69 Å². The number of rotatable bonds is 5. The Morgan fingerprint density at radius 3 is 2.37 bits per heavy atom. The predicted molar refractivity (Wildman–Crippen MR) is 161 cm³/mol. The van der Waals surface area contributed by atoms with E-state index in [0.717, 1.165) is 22.5 Å². The number of amides is 1. The molecular formula is C33H30ClN5O2. The highest BCUT2D eigenvalue weighted by molar-refractivity contribution is 6.31.